The SMILES string of the molecule is C1=CC=C2/C(=C\C=C1)C1=C(N=C3CCCCCC4CCCCCCC1C34)C1CCCCCCC21. The molecule has 5 unspecified atom stereocenters. The fourth-order valence-electron chi connectivity index (χ4n) is 8.55. The molecule has 5 aliphatic carbocycles. The van der Waals surface area contributed by atoms with Crippen LogP contribution in [0.1, 0.15) is 109 Å². The van der Waals surface area contributed by atoms with E-state index in [0.717, 1.165) is 11.8 Å². The normalized spacial score (nSPS) is 38.0. The van der Waals surface area contributed by atoms with Crippen LogP contribution >= 0.6 is 0 Å². The Balaban J connectivity index is 1.53. The van der Waals surface area contributed by atoms with E-state index in [1.807, 2.05) is 0 Å². The minimum absolute atomic E-state index is 0.653. The molecule has 3 saturated carbocycles. The van der Waals surface area contributed by atoms with Gasteiger partial charge in [-0.1, -0.05) is 101 Å². The molecule has 1 aliphatic heterocycles. The van der Waals surface area contributed by atoms with Gasteiger partial charge >= 0.3 is 0 Å². The zero-order valence-corrected chi connectivity index (χ0v) is 21.3. The Labute approximate surface area is 208 Å². The number of hydrogen-bond donors (Lipinski definition) is 0. The van der Waals surface area contributed by atoms with Crippen molar-refractivity contribution in [3.63, 3.8) is 0 Å². The molecule has 1 nitrogen and oxygen atoms in total. The van der Waals surface area contributed by atoms with Crippen molar-refractivity contribution in [2.24, 2.45) is 34.6 Å². The minimum atomic E-state index is 0.653. The molecule has 6 rings (SSSR count). The summed E-state index contributed by atoms with van der Waals surface area (Å²) in [6, 6.07) is 0. The lowest BCUT2D eigenvalue weighted by Crippen LogP contribution is -2.40. The average Bonchev–Trinajstić information content (AvgIpc) is 2.89. The molecule has 0 saturated heterocycles. The third kappa shape index (κ3) is 4.38. The quantitative estimate of drug-likeness (QED) is 0.345. The molecular weight excluding hydrogens is 410 g/mol. The van der Waals surface area contributed by atoms with Crippen molar-refractivity contribution in [2.45, 2.75) is 109 Å². The van der Waals surface area contributed by atoms with Crippen LogP contribution in [0.4, 0.5) is 0 Å². The van der Waals surface area contributed by atoms with E-state index in [1.165, 1.54) is 109 Å². The number of nitrogens with zero attached hydrogens (tertiary/aromatic N) is 1. The zero-order valence-electron chi connectivity index (χ0n) is 21.3. The molecule has 0 aromatic heterocycles. The van der Waals surface area contributed by atoms with E-state index in [1.54, 1.807) is 28.1 Å². The van der Waals surface area contributed by atoms with Crippen LogP contribution < -0.4 is 0 Å². The molecule has 1 heteroatoms. The van der Waals surface area contributed by atoms with Gasteiger partial charge in [-0.05, 0) is 79.4 Å². The lowest BCUT2D eigenvalue weighted by atomic mass is 9.59. The number of rotatable bonds is 0. The Morgan fingerprint density at radius 2 is 1.18 bits per heavy atom. The maximum Gasteiger partial charge on any atom is 0.0481 e. The molecule has 182 valence electrons. The second-order valence-electron chi connectivity index (χ2n) is 12.1. The first-order valence-electron chi connectivity index (χ1n) is 15.0. The molecule has 0 N–H and O–H groups in total. The molecular formula is C33H45N. The summed E-state index contributed by atoms with van der Waals surface area (Å²) in [6.07, 6.45) is 37.9. The Hall–Kier alpha value is -1.63. The highest BCUT2D eigenvalue weighted by atomic mass is 14.8. The second-order valence-corrected chi connectivity index (χ2v) is 12.1. The van der Waals surface area contributed by atoms with Gasteiger partial charge < -0.3 is 0 Å². The molecule has 6 aliphatic rings. The summed E-state index contributed by atoms with van der Waals surface area (Å²) in [6.45, 7) is 0. The highest BCUT2D eigenvalue weighted by Gasteiger charge is 2.46. The molecule has 3 fully saturated rings. The highest BCUT2D eigenvalue weighted by molar-refractivity contribution is 5.90. The van der Waals surface area contributed by atoms with Crippen LogP contribution in [0.2, 0.25) is 0 Å². The van der Waals surface area contributed by atoms with Crippen molar-refractivity contribution in [1.29, 1.82) is 0 Å². The van der Waals surface area contributed by atoms with Crippen molar-refractivity contribution in [2.75, 3.05) is 0 Å². The van der Waals surface area contributed by atoms with Gasteiger partial charge in [0.25, 0.3) is 0 Å². The lowest BCUT2D eigenvalue weighted by molar-refractivity contribution is 0.253. The van der Waals surface area contributed by atoms with E-state index in [0.29, 0.717) is 17.8 Å². The molecule has 0 amide bonds. The van der Waals surface area contributed by atoms with Crippen LogP contribution in [-0.2, 0) is 0 Å². The maximum absolute atomic E-state index is 5.80. The van der Waals surface area contributed by atoms with Gasteiger partial charge in [0, 0.05) is 23.2 Å². The topological polar surface area (TPSA) is 12.4 Å². The van der Waals surface area contributed by atoms with Crippen LogP contribution in [0, 0.1) is 29.6 Å². The van der Waals surface area contributed by atoms with Gasteiger partial charge in [-0.25, -0.2) is 0 Å². The molecule has 5 atom stereocenters. The van der Waals surface area contributed by atoms with Crippen molar-refractivity contribution >= 4 is 5.71 Å². The predicted molar refractivity (Wildman–Crippen MR) is 145 cm³/mol. The van der Waals surface area contributed by atoms with Crippen molar-refractivity contribution in [3.8, 4) is 0 Å². The van der Waals surface area contributed by atoms with Crippen LogP contribution in [0.3, 0.4) is 0 Å². The van der Waals surface area contributed by atoms with Gasteiger partial charge in [-0.15, -0.1) is 0 Å². The molecule has 1 heterocycles. The van der Waals surface area contributed by atoms with Gasteiger partial charge in [0.05, 0.1) is 0 Å². The fraction of sp³-hybridized carbons (Fsp3) is 0.667. The minimum Gasteiger partial charge on any atom is -0.261 e. The largest absolute Gasteiger partial charge is 0.261 e. The monoisotopic (exact) mass is 455 g/mol. The number of aliphatic imine (C=N–C) groups is 1. The molecule has 0 radical (unpaired) electrons. The van der Waals surface area contributed by atoms with E-state index in [4.69, 9.17) is 4.99 Å². The Bertz CT molecular complexity index is 938. The molecule has 0 aromatic carbocycles. The van der Waals surface area contributed by atoms with Gasteiger partial charge in [0.15, 0.2) is 0 Å². The second kappa shape index (κ2) is 10.5. The van der Waals surface area contributed by atoms with E-state index in [9.17, 15) is 0 Å². The molecule has 0 aromatic rings. The average molecular weight is 456 g/mol. The van der Waals surface area contributed by atoms with Crippen molar-refractivity contribution < 1.29 is 0 Å². The summed E-state index contributed by atoms with van der Waals surface area (Å²) in [4.78, 5) is 5.80. The van der Waals surface area contributed by atoms with Gasteiger partial charge in [-0.2, -0.15) is 0 Å². The van der Waals surface area contributed by atoms with E-state index < -0.39 is 0 Å². The lowest BCUT2D eigenvalue weighted by Gasteiger charge is -2.47. The summed E-state index contributed by atoms with van der Waals surface area (Å²) < 4.78 is 0. The maximum atomic E-state index is 5.80. The third-order valence-electron chi connectivity index (χ3n) is 10.1. The summed E-state index contributed by atoms with van der Waals surface area (Å²) >= 11 is 0. The number of allylic oxidation sites excluding steroid dienone is 10. The Morgan fingerprint density at radius 1 is 0.559 bits per heavy atom. The van der Waals surface area contributed by atoms with Crippen LogP contribution in [0.5, 0.6) is 0 Å². The fourth-order valence-corrected chi connectivity index (χ4v) is 8.55. The first-order valence-corrected chi connectivity index (χ1v) is 15.0. The third-order valence-corrected chi connectivity index (χ3v) is 10.1. The zero-order chi connectivity index (χ0) is 22.7. The summed E-state index contributed by atoms with van der Waals surface area (Å²) in [5, 5.41) is 0. The van der Waals surface area contributed by atoms with Gasteiger partial charge in [0.2, 0.25) is 0 Å². The van der Waals surface area contributed by atoms with E-state index in [2.05, 4.69) is 36.5 Å². The number of fused-ring (bicyclic) bond motifs is 6. The van der Waals surface area contributed by atoms with Gasteiger partial charge in [-0.3, -0.25) is 4.99 Å². The first-order chi connectivity index (χ1) is 16.9. The Morgan fingerprint density at radius 3 is 1.94 bits per heavy atom. The van der Waals surface area contributed by atoms with Crippen molar-refractivity contribution in [1.82, 2.24) is 0 Å². The van der Waals surface area contributed by atoms with Gasteiger partial charge in [0.1, 0.15) is 0 Å². The smallest absolute Gasteiger partial charge is 0.0481 e. The molecule has 34 heavy (non-hydrogen) atoms. The Kier molecular flexibility index (Phi) is 7.08. The molecule has 0 bridgehead atoms. The summed E-state index contributed by atoms with van der Waals surface area (Å²) in [5.41, 5.74) is 8.18. The molecule has 0 spiro atoms. The van der Waals surface area contributed by atoms with Crippen LogP contribution in [0.15, 0.2) is 63.9 Å². The highest BCUT2D eigenvalue weighted by Crippen LogP contribution is 2.56. The van der Waals surface area contributed by atoms with E-state index in [-0.39, 0.29) is 0 Å². The van der Waals surface area contributed by atoms with Crippen molar-refractivity contribution in [3.05, 3.63) is 58.9 Å². The summed E-state index contributed by atoms with van der Waals surface area (Å²) in [5.74, 6) is 3.61. The van der Waals surface area contributed by atoms with E-state index >= 15 is 0 Å². The van der Waals surface area contributed by atoms with Crippen LogP contribution in [-0.4, -0.2) is 5.71 Å². The standard InChI is InChI=1S/C33H45N/c1-2-14-22-29-31-24(16-8-1)17-9-7-15-23-30(31)34-33-28-21-13-6-4-11-19-26(28)25-18-10-3-5-12-20-27(25)32(29)33/h3,5,10,12,18,20,24,26,28-29,31H,1-2,4,6-9,11,13-17,19,21-23H2/b5-3?,10-3?,12-5?,18-10?,20-12?,25-18?,27-20+. The first kappa shape index (κ1) is 22.8. The number of hydrogen-bond acceptors (Lipinski definition) is 1. The van der Waals surface area contributed by atoms with Crippen LogP contribution in [0.25, 0.3) is 0 Å². The predicted octanol–water partition coefficient (Wildman–Crippen LogP) is 9.44. The summed E-state index contributed by atoms with van der Waals surface area (Å²) in [7, 11) is 0.